The molecular formula is C25H20S3. The maximum atomic E-state index is 2.37. The molecule has 0 bridgehead atoms. The van der Waals surface area contributed by atoms with E-state index in [1.165, 1.54) is 43.2 Å². The average molecular weight is 417 g/mol. The second-order valence-electron chi connectivity index (χ2n) is 8.31. The summed E-state index contributed by atoms with van der Waals surface area (Å²) in [5, 5.41) is 0. The largest absolute Gasteiger partial charge is 0.0966 e. The summed E-state index contributed by atoms with van der Waals surface area (Å²) in [5.74, 6) is 1.56. The molecule has 0 aromatic heterocycles. The van der Waals surface area contributed by atoms with Crippen molar-refractivity contribution in [1.29, 1.82) is 0 Å². The van der Waals surface area contributed by atoms with Crippen molar-refractivity contribution in [3.8, 4) is 0 Å². The highest BCUT2D eigenvalue weighted by molar-refractivity contribution is 8.32. The minimum absolute atomic E-state index is 0.779. The Bertz CT molecular complexity index is 1130. The van der Waals surface area contributed by atoms with Gasteiger partial charge in [-0.3, -0.25) is 0 Å². The molecule has 7 rings (SSSR count). The average Bonchev–Trinajstić information content (AvgIpc) is 3.43. The summed E-state index contributed by atoms with van der Waals surface area (Å²) in [7, 11) is 0. The standard InChI is InChI=1S/C25H20S3/c1-3-7-16-14(5-1)9-11-20-22(16)18-13-19(18)24(26-20)25-27-21-12-10-15-6-2-4-8-17(15)23(21)28-25/h1-8,18-19H,9-13H2. The van der Waals surface area contributed by atoms with Gasteiger partial charge in [0.1, 0.15) is 0 Å². The van der Waals surface area contributed by atoms with Crippen molar-refractivity contribution < 1.29 is 0 Å². The number of rotatable bonds is 0. The van der Waals surface area contributed by atoms with Gasteiger partial charge in [0.15, 0.2) is 0 Å². The van der Waals surface area contributed by atoms with Crippen LogP contribution in [0.1, 0.15) is 41.5 Å². The quantitative estimate of drug-likeness (QED) is 0.432. The molecule has 0 amide bonds. The van der Waals surface area contributed by atoms with Gasteiger partial charge in [-0.25, -0.2) is 0 Å². The third kappa shape index (κ3) is 2.36. The van der Waals surface area contributed by atoms with E-state index < -0.39 is 0 Å². The minimum atomic E-state index is 0.779. The van der Waals surface area contributed by atoms with E-state index in [-0.39, 0.29) is 0 Å². The second kappa shape index (κ2) is 6.10. The van der Waals surface area contributed by atoms with Crippen molar-refractivity contribution in [3.63, 3.8) is 0 Å². The second-order valence-corrected chi connectivity index (χ2v) is 11.8. The lowest BCUT2D eigenvalue weighted by Gasteiger charge is -2.28. The van der Waals surface area contributed by atoms with E-state index >= 15 is 0 Å². The number of hydrogen-bond acceptors (Lipinski definition) is 3. The van der Waals surface area contributed by atoms with Crippen molar-refractivity contribution in [1.82, 2.24) is 0 Å². The Labute approximate surface area is 179 Å². The van der Waals surface area contributed by atoms with Crippen LogP contribution in [0.15, 0.2) is 67.5 Å². The molecule has 28 heavy (non-hydrogen) atoms. The molecule has 138 valence electrons. The van der Waals surface area contributed by atoms with Gasteiger partial charge in [0, 0.05) is 14.7 Å². The van der Waals surface area contributed by atoms with Crippen LogP contribution in [0.3, 0.4) is 0 Å². The lowest BCUT2D eigenvalue weighted by molar-refractivity contribution is 0.905. The molecule has 2 unspecified atom stereocenters. The van der Waals surface area contributed by atoms with Gasteiger partial charge < -0.3 is 0 Å². The Morgan fingerprint density at radius 1 is 0.643 bits per heavy atom. The molecule has 0 nitrogen and oxygen atoms in total. The smallest absolute Gasteiger partial charge is 0.0597 e. The van der Waals surface area contributed by atoms with Crippen LogP contribution in [0, 0.1) is 11.8 Å². The maximum Gasteiger partial charge on any atom is 0.0597 e. The number of allylic oxidation sites excluding steroid dienone is 4. The Kier molecular flexibility index (Phi) is 3.60. The summed E-state index contributed by atoms with van der Waals surface area (Å²) in [6.45, 7) is 0. The zero-order valence-electron chi connectivity index (χ0n) is 15.5. The molecule has 1 saturated carbocycles. The van der Waals surface area contributed by atoms with Crippen LogP contribution in [-0.2, 0) is 12.8 Å². The van der Waals surface area contributed by atoms with Gasteiger partial charge in [-0.15, -0.1) is 0 Å². The van der Waals surface area contributed by atoms with E-state index in [0.717, 1.165) is 11.8 Å². The molecule has 0 radical (unpaired) electrons. The van der Waals surface area contributed by atoms with E-state index in [1.54, 1.807) is 40.6 Å². The highest BCUT2D eigenvalue weighted by atomic mass is 32.2. The predicted octanol–water partition coefficient (Wildman–Crippen LogP) is 7.69. The molecule has 0 N–H and O–H groups in total. The SMILES string of the molecule is c1ccc2c(c1)CCC1=C2SC(=C2SC3=C(c4ccccc4CC3)C3CC23)S1. The van der Waals surface area contributed by atoms with Gasteiger partial charge in [0.25, 0.3) is 0 Å². The van der Waals surface area contributed by atoms with Crippen LogP contribution in [-0.4, -0.2) is 0 Å². The first-order valence-electron chi connectivity index (χ1n) is 10.3. The fourth-order valence-electron chi connectivity index (χ4n) is 5.26. The number of fused-ring (bicyclic) bond motifs is 6. The Morgan fingerprint density at radius 2 is 1.36 bits per heavy atom. The van der Waals surface area contributed by atoms with Crippen molar-refractivity contribution in [2.45, 2.75) is 32.1 Å². The van der Waals surface area contributed by atoms with Gasteiger partial charge in [-0.1, -0.05) is 83.8 Å². The lowest BCUT2D eigenvalue weighted by atomic mass is 9.87. The summed E-state index contributed by atoms with van der Waals surface area (Å²) in [6.07, 6.45) is 6.24. The van der Waals surface area contributed by atoms with Crippen LogP contribution in [0.2, 0.25) is 0 Å². The topological polar surface area (TPSA) is 0 Å². The molecule has 2 aromatic rings. The predicted molar refractivity (Wildman–Crippen MR) is 125 cm³/mol. The Balaban J connectivity index is 1.27. The van der Waals surface area contributed by atoms with Crippen LogP contribution in [0.5, 0.6) is 0 Å². The van der Waals surface area contributed by atoms with Crippen molar-refractivity contribution in [2.24, 2.45) is 11.8 Å². The molecule has 2 aliphatic heterocycles. The van der Waals surface area contributed by atoms with Gasteiger partial charge >= 0.3 is 0 Å². The fourth-order valence-corrected chi connectivity index (χ4v) is 9.91. The number of hydrogen-bond donors (Lipinski definition) is 0. The minimum Gasteiger partial charge on any atom is -0.0966 e. The molecule has 2 atom stereocenters. The first kappa shape index (κ1) is 16.5. The number of benzene rings is 2. The fraction of sp³-hybridized carbons (Fsp3) is 0.280. The molecule has 2 aromatic carbocycles. The van der Waals surface area contributed by atoms with E-state index in [2.05, 4.69) is 83.8 Å². The third-order valence-electron chi connectivity index (χ3n) is 6.71. The van der Waals surface area contributed by atoms with E-state index in [0.29, 0.717) is 0 Å². The van der Waals surface area contributed by atoms with Crippen LogP contribution < -0.4 is 0 Å². The van der Waals surface area contributed by atoms with Gasteiger partial charge in [0.05, 0.1) is 4.24 Å². The monoisotopic (exact) mass is 416 g/mol. The number of thioether (sulfide) groups is 3. The molecule has 0 spiro atoms. The maximum absolute atomic E-state index is 2.37. The highest BCUT2D eigenvalue weighted by Crippen LogP contribution is 2.69. The van der Waals surface area contributed by atoms with E-state index in [4.69, 9.17) is 0 Å². The van der Waals surface area contributed by atoms with Crippen molar-refractivity contribution in [2.75, 3.05) is 0 Å². The Hall–Kier alpha value is -1.29. The highest BCUT2D eigenvalue weighted by Gasteiger charge is 2.50. The third-order valence-corrected chi connectivity index (χ3v) is 11.1. The molecule has 1 fully saturated rings. The summed E-state index contributed by atoms with van der Waals surface area (Å²) in [6, 6.07) is 18.2. The Morgan fingerprint density at radius 3 is 2.21 bits per heavy atom. The summed E-state index contributed by atoms with van der Waals surface area (Å²) in [5.41, 5.74) is 7.87. The first-order valence-corrected chi connectivity index (χ1v) is 12.7. The molecule has 5 aliphatic rings. The zero-order chi connectivity index (χ0) is 18.2. The molecule has 0 saturated heterocycles. The molecule has 3 aliphatic carbocycles. The summed E-state index contributed by atoms with van der Waals surface area (Å²) >= 11 is 6.32. The van der Waals surface area contributed by atoms with E-state index in [9.17, 15) is 0 Å². The lowest BCUT2D eigenvalue weighted by Crippen LogP contribution is -2.09. The first-order chi connectivity index (χ1) is 13.9. The van der Waals surface area contributed by atoms with E-state index in [1.807, 2.05) is 0 Å². The summed E-state index contributed by atoms with van der Waals surface area (Å²) < 4.78 is 1.60. The number of aryl methyl sites for hydroxylation is 2. The molecule has 3 heteroatoms. The summed E-state index contributed by atoms with van der Waals surface area (Å²) in [4.78, 5) is 6.55. The van der Waals surface area contributed by atoms with Crippen molar-refractivity contribution >= 4 is 45.8 Å². The van der Waals surface area contributed by atoms with Gasteiger partial charge in [0.2, 0.25) is 0 Å². The van der Waals surface area contributed by atoms with Crippen molar-refractivity contribution in [3.05, 3.63) is 89.7 Å². The van der Waals surface area contributed by atoms with Gasteiger partial charge in [-0.2, -0.15) is 0 Å². The molecular weight excluding hydrogens is 396 g/mol. The van der Waals surface area contributed by atoms with Crippen LogP contribution >= 0.6 is 35.3 Å². The normalized spacial score (nSPS) is 29.7. The van der Waals surface area contributed by atoms with Gasteiger partial charge in [-0.05, 0) is 76.7 Å². The van der Waals surface area contributed by atoms with Crippen LogP contribution in [0.25, 0.3) is 10.5 Å². The zero-order valence-corrected chi connectivity index (χ0v) is 18.0. The molecule has 2 heterocycles. The van der Waals surface area contributed by atoms with Crippen LogP contribution in [0.4, 0.5) is 0 Å².